The molecule has 0 atom stereocenters. The highest BCUT2D eigenvalue weighted by molar-refractivity contribution is 7.99. The zero-order chi connectivity index (χ0) is 25.5. The van der Waals surface area contributed by atoms with E-state index in [1.54, 1.807) is 35.8 Å². The number of anilines is 2. The number of nitrogens with one attached hydrogen (secondary N) is 2. The standard InChI is InChI=1S/C22H20Cl2N6O4S/c1-3-9-29-18(11-19(31)26-17-6-4-5-15(23)21(17)24)27-28-22(29)35-12-20(32)25-16-8-7-14(30(33)34)10-13(16)2/h3-8,10H,1,9,11-12H2,2H3,(H,25,32)(H,26,31). The fraction of sp³-hybridized carbons (Fsp3) is 0.182. The van der Waals surface area contributed by atoms with E-state index in [1.165, 1.54) is 18.2 Å². The van der Waals surface area contributed by atoms with Crippen LogP contribution in [0.1, 0.15) is 11.4 Å². The maximum Gasteiger partial charge on any atom is 0.269 e. The van der Waals surface area contributed by atoms with Crippen molar-refractivity contribution in [1.82, 2.24) is 14.8 Å². The van der Waals surface area contributed by atoms with Gasteiger partial charge in [0.15, 0.2) is 5.16 Å². The zero-order valence-electron chi connectivity index (χ0n) is 18.5. The molecule has 3 rings (SSSR count). The van der Waals surface area contributed by atoms with Crippen LogP contribution in [0.4, 0.5) is 17.1 Å². The SMILES string of the molecule is C=CCn1c(CC(=O)Nc2cccc(Cl)c2Cl)nnc1SCC(=O)Nc1ccc([N+](=O)[O-])cc1C. The summed E-state index contributed by atoms with van der Waals surface area (Å²) >= 11 is 13.2. The average molecular weight is 535 g/mol. The van der Waals surface area contributed by atoms with Crippen molar-refractivity contribution in [3.8, 4) is 0 Å². The summed E-state index contributed by atoms with van der Waals surface area (Å²) in [5.41, 5.74) is 1.37. The van der Waals surface area contributed by atoms with Crippen molar-refractivity contribution in [2.75, 3.05) is 16.4 Å². The molecule has 1 heterocycles. The molecule has 2 aromatic carbocycles. The third-order valence-electron chi connectivity index (χ3n) is 4.68. The molecule has 0 aliphatic rings. The van der Waals surface area contributed by atoms with E-state index >= 15 is 0 Å². The quantitative estimate of drug-likeness (QED) is 0.163. The first-order chi connectivity index (χ1) is 16.7. The fourth-order valence-corrected chi connectivity index (χ4v) is 4.14. The summed E-state index contributed by atoms with van der Waals surface area (Å²) in [5.74, 6) is -0.296. The number of nitrogens with zero attached hydrogens (tertiary/aromatic N) is 4. The molecule has 2 N–H and O–H groups in total. The van der Waals surface area contributed by atoms with Gasteiger partial charge in [-0.3, -0.25) is 19.7 Å². The molecule has 35 heavy (non-hydrogen) atoms. The molecule has 0 saturated heterocycles. The third-order valence-corrected chi connectivity index (χ3v) is 6.46. The Morgan fingerprint density at radius 3 is 2.60 bits per heavy atom. The van der Waals surface area contributed by atoms with Crippen molar-refractivity contribution < 1.29 is 14.5 Å². The second-order valence-corrected chi connectivity index (χ2v) is 8.95. The zero-order valence-corrected chi connectivity index (χ0v) is 20.8. The highest BCUT2D eigenvalue weighted by atomic mass is 35.5. The maximum absolute atomic E-state index is 12.5. The smallest absolute Gasteiger partial charge is 0.269 e. The van der Waals surface area contributed by atoms with Crippen LogP contribution in [0.15, 0.2) is 54.2 Å². The Bertz CT molecular complexity index is 1300. The molecule has 0 aliphatic carbocycles. The van der Waals surface area contributed by atoms with E-state index in [2.05, 4.69) is 27.4 Å². The third kappa shape index (κ3) is 6.81. The van der Waals surface area contributed by atoms with Crippen LogP contribution >= 0.6 is 35.0 Å². The van der Waals surface area contributed by atoms with Gasteiger partial charge in [0.1, 0.15) is 5.82 Å². The van der Waals surface area contributed by atoms with Crippen LogP contribution in [0.2, 0.25) is 10.0 Å². The Labute approximate surface area is 214 Å². The Kier molecular flexibility index (Phi) is 8.85. The van der Waals surface area contributed by atoms with E-state index in [0.717, 1.165) is 11.8 Å². The van der Waals surface area contributed by atoms with Crippen LogP contribution in [-0.2, 0) is 22.6 Å². The lowest BCUT2D eigenvalue weighted by Crippen LogP contribution is -2.18. The molecule has 0 spiro atoms. The first-order valence-corrected chi connectivity index (χ1v) is 11.9. The Hall–Kier alpha value is -3.41. The molecule has 0 bridgehead atoms. The highest BCUT2D eigenvalue weighted by Gasteiger charge is 2.18. The minimum absolute atomic E-state index is 0.00994. The fourth-order valence-electron chi connectivity index (χ4n) is 3.03. The van der Waals surface area contributed by atoms with Crippen LogP contribution in [0.3, 0.4) is 0 Å². The lowest BCUT2D eigenvalue weighted by atomic mass is 10.2. The summed E-state index contributed by atoms with van der Waals surface area (Å²) < 4.78 is 1.68. The highest BCUT2D eigenvalue weighted by Crippen LogP contribution is 2.29. The van der Waals surface area contributed by atoms with Crippen molar-refractivity contribution in [2.24, 2.45) is 0 Å². The predicted octanol–water partition coefficient (Wildman–Crippen LogP) is 4.90. The van der Waals surface area contributed by atoms with Crippen molar-refractivity contribution in [1.29, 1.82) is 0 Å². The summed E-state index contributed by atoms with van der Waals surface area (Å²) in [6, 6.07) is 9.11. The number of amides is 2. The number of rotatable bonds is 10. The lowest BCUT2D eigenvalue weighted by molar-refractivity contribution is -0.384. The number of allylic oxidation sites excluding steroid dienone is 1. The topological polar surface area (TPSA) is 132 Å². The van der Waals surface area contributed by atoms with E-state index in [-0.39, 0.29) is 34.7 Å². The number of hydrogen-bond acceptors (Lipinski definition) is 7. The van der Waals surface area contributed by atoms with E-state index in [4.69, 9.17) is 23.2 Å². The van der Waals surface area contributed by atoms with Crippen LogP contribution < -0.4 is 10.6 Å². The monoisotopic (exact) mass is 534 g/mol. The summed E-state index contributed by atoms with van der Waals surface area (Å²) in [6.45, 7) is 5.72. The van der Waals surface area contributed by atoms with Gasteiger partial charge >= 0.3 is 0 Å². The molecule has 1 aromatic heterocycles. The van der Waals surface area contributed by atoms with Gasteiger partial charge in [0.25, 0.3) is 5.69 Å². The van der Waals surface area contributed by atoms with Crippen LogP contribution in [0.25, 0.3) is 0 Å². The summed E-state index contributed by atoms with van der Waals surface area (Å²) in [4.78, 5) is 35.4. The van der Waals surface area contributed by atoms with Gasteiger partial charge in [-0.15, -0.1) is 16.8 Å². The first-order valence-electron chi connectivity index (χ1n) is 10.1. The van der Waals surface area contributed by atoms with E-state index in [9.17, 15) is 19.7 Å². The van der Waals surface area contributed by atoms with Gasteiger partial charge in [0, 0.05) is 24.4 Å². The Morgan fingerprint density at radius 1 is 1.17 bits per heavy atom. The average Bonchev–Trinajstić information content (AvgIpc) is 3.18. The minimum Gasteiger partial charge on any atom is -0.325 e. The normalized spacial score (nSPS) is 10.6. The Balaban J connectivity index is 1.64. The van der Waals surface area contributed by atoms with Gasteiger partial charge < -0.3 is 15.2 Å². The Morgan fingerprint density at radius 2 is 1.91 bits per heavy atom. The minimum atomic E-state index is -0.498. The van der Waals surface area contributed by atoms with E-state index in [1.807, 2.05) is 0 Å². The molecule has 0 radical (unpaired) electrons. The van der Waals surface area contributed by atoms with Gasteiger partial charge in [-0.25, -0.2) is 0 Å². The van der Waals surface area contributed by atoms with Crippen molar-refractivity contribution >= 4 is 63.8 Å². The summed E-state index contributed by atoms with van der Waals surface area (Å²) in [5, 5.41) is 25.5. The van der Waals surface area contributed by atoms with Crippen molar-refractivity contribution in [2.45, 2.75) is 25.0 Å². The molecule has 3 aromatic rings. The number of nitro benzene ring substituents is 1. The molecule has 0 saturated carbocycles. The number of aryl methyl sites for hydroxylation is 1. The maximum atomic E-state index is 12.5. The number of hydrogen-bond donors (Lipinski definition) is 2. The van der Waals surface area contributed by atoms with Gasteiger partial charge in [0.05, 0.1) is 32.8 Å². The first kappa shape index (κ1) is 26.2. The van der Waals surface area contributed by atoms with E-state index < -0.39 is 4.92 Å². The summed E-state index contributed by atoms with van der Waals surface area (Å²) in [6.07, 6.45) is 1.54. The molecule has 0 fully saturated rings. The number of halogens is 2. The second kappa shape index (κ2) is 11.8. The predicted molar refractivity (Wildman–Crippen MR) is 136 cm³/mol. The van der Waals surface area contributed by atoms with E-state index in [0.29, 0.717) is 39.5 Å². The van der Waals surface area contributed by atoms with Crippen LogP contribution in [0, 0.1) is 17.0 Å². The molecule has 182 valence electrons. The molecular formula is C22H20Cl2N6O4S. The van der Waals surface area contributed by atoms with Crippen molar-refractivity contribution in [3.05, 3.63) is 80.6 Å². The van der Waals surface area contributed by atoms with Gasteiger partial charge in [-0.05, 0) is 30.7 Å². The number of thioether (sulfide) groups is 1. The van der Waals surface area contributed by atoms with Gasteiger partial charge in [0.2, 0.25) is 11.8 Å². The number of non-ortho nitro benzene ring substituents is 1. The van der Waals surface area contributed by atoms with Crippen molar-refractivity contribution in [3.63, 3.8) is 0 Å². The van der Waals surface area contributed by atoms with Crippen LogP contribution in [0.5, 0.6) is 0 Å². The molecule has 13 heteroatoms. The number of aromatic nitrogens is 3. The molecule has 2 amide bonds. The molecule has 10 nitrogen and oxygen atoms in total. The van der Waals surface area contributed by atoms with Gasteiger partial charge in [-0.2, -0.15) is 0 Å². The lowest BCUT2D eigenvalue weighted by Gasteiger charge is -2.10. The second-order valence-electron chi connectivity index (χ2n) is 7.22. The molecular weight excluding hydrogens is 515 g/mol. The molecule has 0 unspecified atom stereocenters. The van der Waals surface area contributed by atoms with Crippen LogP contribution in [-0.4, -0.2) is 37.3 Å². The number of carbonyl (C=O) groups is 2. The number of nitro groups is 1. The number of benzene rings is 2. The largest absolute Gasteiger partial charge is 0.325 e. The van der Waals surface area contributed by atoms with Gasteiger partial charge in [-0.1, -0.05) is 47.1 Å². The number of carbonyl (C=O) groups excluding carboxylic acids is 2. The summed E-state index contributed by atoms with van der Waals surface area (Å²) in [7, 11) is 0. The molecule has 0 aliphatic heterocycles.